The summed E-state index contributed by atoms with van der Waals surface area (Å²) in [6.45, 7) is 2.10. The predicted molar refractivity (Wildman–Crippen MR) is 68.4 cm³/mol. The Balaban J connectivity index is 1.98. The third kappa shape index (κ3) is 3.53. The molecule has 2 heterocycles. The lowest BCUT2D eigenvalue weighted by atomic mass is 10.2. The van der Waals surface area contributed by atoms with Gasteiger partial charge in [0.25, 0.3) is 5.89 Å². The zero-order valence-corrected chi connectivity index (χ0v) is 11.1. The topological polar surface area (TPSA) is 98.3 Å². The molecule has 7 heteroatoms. The molecule has 0 spiro atoms. The molecule has 0 atom stereocenters. The fourth-order valence-electron chi connectivity index (χ4n) is 1.59. The second-order valence-electron chi connectivity index (χ2n) is 4.15. The molecule has 0 amide bonds. The highest BCUT2D eigenvalue weighted by atomic mass is 16.5. The van der Waals surface area contributed by atoms with E-state index in [1.165, 1.54) is 12.3 Å². The molecule has 0 saturated heterocycles. The molecule has 0 fully saturated rings. The Labute approximate surface area is 115 Å². The molecule has 0 saturated carbocycles. The molecule has 0 aliphatic heterocycles. The predicted octanol–water partition coefficient (Wildman–Crippen LogP) is 2.08. The van der Waals surface area contributed by atoms with Gasteiger partial charge in [0, 0.05) is 12.6 Å². The number of hydrogen-bond acceptors (Lipinski definition) is 6. The van der Waals surface area contributed by atoms with Crippen molar-refractivity contribution in [1.29, 1.82) is 0 Å². The van der Waals surface area contributed by atoms with E-state index in [9.17, 15) is 4.79 Å². The number of unbranched alkanes of at least 4 members (excludes halogenated alkanes) is 1. The summed E-state index contributed by atoms with van der Waals surface area (Å²) in [7, 11) is 0. The lowest BCUT2D eigenvalue weighted by Crippen LogP contribution is -2.05. The van der Waals surface area contributed by atoms with Gasteiger partial charge in [-0.25, -0.2) is 9.78 Å². The Morgan fingerprint density at radius 1 is 1.50 bits per heavy atom. The molecule has 2 rings (SSSR count). The van der Waals surface area contributed by atoms with Crippen molar-refractivity contribution in [3.05, 3.63) is 35.7 Å². The second-order valence-corrected chi connectivity index (χ2v) is 4.15. The number of aromatic nitrogens is 3. The van der Waals surface area contributed by atoms with E-state index in [1.54, 1.807) is 6.07 Å². The van der Waals surface area contributed by atoms with Crippen molar-refractivity contribution >= 4 is 5.97 Å². The minimum absolute atomic E-state index is 0.0189. The molecule has 2 aromatic heterocycles. The van der Waals surface area contributed by atoms with Crippen molar-refractivity contribution < 1.29 is 19.2 Å². The van der Waals surface area contributed by atoms with Crippen LogP contribution in [0.5, 0.6) is 5.75 Å². The molecule has 0 bridgehead atoms. The van der Waals surface area contributed by atoms with Crippen LogP contribution in [-0.4, -0.2) is 26.2 Å². The van der Waals surface area contributed by atoms with Crippen LogP contribution in [0.3, 0.4) is 0 Å². The van der Waals surface area contributed by atoms with Gasteiger partial charge in [0.2, 0.25) is 0 Å². The Morgan fingerprint density at radius 2 is 2.35 bits per heavy atom. The highest BCUT2D eigenvalue weighted by Crippen LogP contribution is 2.16. The number of pyridine rings is 1. The molecule has 0 aromatic carbocycles. The first-order valence-electron chi connectivity index (χ1n) is 6.33. The van der Waals surface area contributed by atoms with Crippen LogP contribution in [0.15, 0.2) is 22.9 Å². The monoisotopic (exact) mass is 277 g/mol. The Kier molecular flexibility index (Phi) is 4.65. The maximum atomic E-state index is 11.0. The molecule has 20 heavy (non-hydrogen) atoms. The highest BCUT2D eigenvalue weighted by Gasteiger charge is 2.13. The number of carboxylic acid groups (broad SMARTS) is 1. The lowest BCUT2D eigenvalue weighted by Gasteiger charge is -2.05. The quantitative estimate of drug-likeness (QED) is 0.827. The Morgan fingerprint density at radius 3 is 3.10 bits per heavy atom. The summed E-state index contributed by atoms with van der Waals surface area (Å²) in [5.74, 6) is -0.0190. The fourth-order valence-corrected chi connectivity index (χ4v) is 1.59. The summed E-state index contributed by atoms with van der Waals surface area (Å²) in [5, 5.41) is 12.8. The number of ether oxygens (including phenoxy) is 1. The van der Waals surface area contributed by atoms with Crippen molar-refractivity contribution in [2.75, 3.05) is 0 Å². The van der Waals surface area contributed by atoms with Gasteiger partial charge in [-0.2, -0.15) is 4.98 Å². The standard InChI is InChI=1S/C13H15N3O4/c1-2-3-6-10-15-11(20-16-10)8-19-9-5-4-7-14-12(9)13(17)18/h4-5,7H,2-3,6,8H2,1H3,(H,17,18). The zero-order valence-electron chi connectivity index (χ0n) is 11.1. The summed E-state index contributed by atoms with van der Waals surface area (Å²) < 4.78 is 10.4. The van der Waals surface area contributed by atoms with Gasteiger partial charge in [-0.05, 0) is 18.6 Å². The minimum atomic E-state index is -1.14. The molecule has 7 nitrogen and oxygen atoms in total. The third-order valence-electron chi connectivity index (χ3n) is 2.59. The Bertz CT molecular complexity index is 583. The number of carbonyl (C=O) groups is 1. The average molecular weight is 277 g/mol. The summed E-state index contributed by atoms with van der Waals surface area (Å²) in [5.41, 5.74) is -0.141. The van der Waals surface area contributed by atoms with Gasteiger partial charge in [-0.1, -0.05) is 18.5 Å². The molecule has 1 N–H and O–H groups in total. The zero-order chi connectivity index (χ0) is 14.4. The average Bonchev–Trinajstić information content (AvgIpc) is 2.91. The number of hydrogen-bond donors (Lipinski definition) is 1. The normalized spacial score (nSPS) is 10.4. The molecule has 0 unspecified atom stereocenters. The molecule has 0 aliphatic carbocycles. The Hall–Kier alpha value is -2.44. The van der Waals surface area contributed by atoms with Gasteiger partial charge in [0.05, 0.1) is 0 Å². The lowest BCUT2D eigenvalue weighted by molar-refractivity contribution is 0.0684. The summed E-state index contributed by atoms with van der Waals surface area (Å²) in [6, 6.07) is 3.13. The van der Waals surface area contributed by atoms with Crippen molar-refractivity contribution in [3.63, 3.8) is 0 Å². The number of nitrogens with zero attached hydrogens (tertiary/aromatic N) is 3. The maximum Gasteiger partial charge on any atom is 0.358 e. The minimum Gasteiger partial charge on any atom is -0.481 e. The molecular weight excluding hydrogens is 262 g/mol. The van der Waals surface area contributed by atoms with E-state index in [0.29, 0.717) is 11.7 Å². The van der Waals surface area contributed by atoms with E-state index in [0.717, 1.165) is 19.3 Å². The second kappa shape index (κ2) is 6.65. The van der Waals surface area contributed by atoms with Crippen molar-refractivity contribution in [2.45, 2.75) is 32.8 Å². The van der Waals surface area contributed by atoms with E-state index in [-0.39, 0.29) is 18.1 Å². The van der Waals surface area contributed by atoms with E-state index >= 15 is 0 Å². The third-order valence-corrected chi connectivity index (χ3v) is 2.59. The van der Waals surface area contributed by atoms with E-state index in [2.05, 4.69) is 22.0 Å². The van der Waals surface area contributed by atoms with Crippen LogP contribution in [0.4, 0.5) is 0 Å². The SMILES string of the molecule is CCCCc1noc(COc2cccnc2C(=O)O)n1. The van der Waals surface area contributed by atoms with Gasteiger partial charge in [-0.15, -0.1) is 0 Å². The van der Waals surface area contributed by atoms with Crippen molar-refractivity contribution in [3.8, 4) is 5.75 Å². The van der Waals surface area contributed by atoms with Crippen LogP contribution < -0.4 is 4.74 Å². The van der Waals surface area contributed by atoms with Gasteiger partial charge < -0.3 is 14.4 Å². The molecule has 106 valence electrons. The fraction of sp³-hybridized carbons (Fsp3) is 0.385. The molecule has 0 radical (unpaired) electrons. The number of carboxylic acids is 1. The van der Waals surface area contributed by atoms with Crippen LogP contribution >= 0.6 is 0 Å². The van der Waals surface area contributed by atoms with Crippen LogP contribution in [-0.2, 0) is 13.0 Å². The van der Waals surface area contributed by atoms with E-state index in [1.807, 2.05) is 0 Å². The first kappa shape index (κ1) is 14.0. The van der Waals surface area contributed by atoms with Gasteiger partial charge in [0.1, 0.15) is 0 Å². The van der Waals surface area contributed by atoms with Gasteiger partial charge >= 0.3 is 5.97 Å². The first-order chi connectivity index (χ1) is 9.70. The molecular formula is C13H15N3O4. The van der Waals surface area contributed by atoms with Crippen LogP contribution in [0.2, 0.25) is 0 Å². The number of aryl methyl sites for hydroxylation is 1. The smallest absolute Gasteiger partial charge is 0.358 e. The largest absolute Gasteiger partial charge is 0.481 e. The summed E-state index contributed by atoms with van der Waals surface area (Å²) in [4.78, 5) is 18.9. The van der Waals surface area contributed by atoms with Crippen LogP contribution in [0.25, 0.3) is 0 Å². The summed E-state index contributed by atoms with van der Waals surface area (Å²) >= 11 is 0. The van der Waals surface area contributed by atoms with E-state index in [4.69, 9.17) is 14.4 Å². The molecule has 2 aromatic rings. The van der Waals surface area contributed by atoms with Crippen LogP contribution in [0, 0.1) is 0 Å². The van der Waals surface area contributed by atoms with Gasteiger partial charge in [-0.3, -0.25) is 0 Å². The van der Waals surface area contributed by atoms with E-state index < -0.39 is 5.97 Å². The van der Waals surface area contributed by atoms with Gasteiger partial charge in [0.15, 0.2) is 23.9 Å². The maximum absolute atomic E-state index is 11.0. The first-order valence-corrected chi connectivity index (χ1v) is 6.33. The highest BCUT2D eigenvalue weighted by molar-refractivity contribution is 5.88. The molecule has 0 aliphatic rings. The van der Waals surface area contributed by atoms with Crippen molar-refractivity contribution in [2.24, 2.45) is 0 Å². The van der Waals surface area contributed by atoms with Crippen LogP contribution in [0.1, 0.15) is 42.0 Å². The number of rotatable bonds is 7. The summed E-state index contributed by atoms with van der Waals surface area (Å²) in [6.07, 6.45) is 4.20. The number of aromatic carboxylic acids is 1. The van der Waals surface area contributed by atoms with Crippen molar-refractivity contribution in [1.82, 2.24) is 15.1 Å².